The number of rotatable bonds is 5. The van der Waals surface area contributed by atoms with Crippen LogP contribution >= 0.6 is 0 Å². The molecule has 1 fully saturated rings. The maximum absolute atomic E-state index is 6.18. The lowest BCUT2D eigenvalue weighted by Crippen LogP contribution is -2.11. The van der Waals surface area contributed by atoms with E-state index in [1.807, 2.05) is 30.6 Å². The Morgan fingerprint density at radius 3 is 2.52 bits per heavy atom. The van der Waals surface area contributed by atoms with Gasteiger partial charge in [0.05, 0.1) is 13.2 Å². The molecule has 0 atom stereocenters. The third kappa shape index (κ3) is 3.92. The molecule has 0 amide bonds. The summed E-state index contributed by atoms with van der Waals surface area (Å²) in [5.41, 5.74) is 3.48. The van der Waals surface area contributed by atoms with Crippen LogP contribution in [-0.2, 0) is 0 Å². The highest BCUT2D eigenvalue weighted by molar-refractivity contribution is 5.80. The van der Waals surface area contributed by atoms with Gasteiger partial charge < -0.3 is 9.47 Å². The molecule has 1 aromatic heterocycles. The summed E-state index contributed by atoms with van der Waals surface area (Å²) in [4.78, 5) is 4.05. The third-order valence-electron chi connectivity index (χ3n) is 4.30. The van der Waals surface area contributed by atoms with Crippen molar-refractivity contribution in [3.63, 3.8) is 0 Å². The van der Waals surface area contributed by atoms with Crippen molar-refractivity contribution in [3.8, 4) is 11.5 Å². The molecule has 3 nitrogen and oxygen atoms in total. The smallest absolute Gasteiger partial charge is 0.162 e. The Morgan fingerprint density at radius 2 is 1.83 bits per heavy atom. The molecular formula is C20H23NO2. The van der Waals surface area contributed by atoms with Gasteiger partial charge in [0.1, 0.15) is 0 Å². The monoisotopic (exact) mass is 309 g/mol. The van der Waals surface area contributed by atoms with Gasteiger partial charge in [-0.1, -0.05) is 12.1 Å². The molecule has 3 rings (SSSR count). The van der Waals surface area contributed by atoms with Crippen LogP contribution in [0.25, 0.3) is 11.6 Å². The predicted molar refractivity (Wildman–Crippen MR) is 93.7 cm³/mol. The molecule has 1 aliphatic rings. The fourth-order valence-corrected chi connectivity index (χ4v) is 2.99. The summed E-state index contributed by atoms with van der Waals surface area (Å²) in [6.45, 7) is 2.11. The second-order valence-corrected chi connectivity index (χ2v) is 6.00. The molecule has 0 saturated heterocycles. The van der Waals surface area contributed by atoms with Crippen LogP contribution in [0.5, 0.6) is 11.5 Å². The van der Waals surface area contributed by atoms with Crippen molar-refractivity contribution < 1.29 is 9.47 Å². The molecule has 1 heterocycles. The molecule has 1 aromatic carbocycles. The summed E-state index contributed by atoms with van der Waals surface area (Å²) in [7, 11) is 1.69. The lowest BCUT2D eigenvalue weighted by atomic mass is 10.0. The molecule has 2 aromatic rings. The van der Waals surface area contributed by atoms with Gasteiger partial charge >= 0.3 is 0 Å². The maximum atomic E-state index is 6.18. The highest BCUT2D eigenvalue weighted by Crippen LogP contribution is 2.34. The minimum atomic E-state index is 0.323. The summed E-state index contributed by atoms with van der Waals surface area (Å²) in [5, 5.41) is 0. The number of benzene rings is 1. The van der Waals surface area contributed by atoms with Crippen LogP contribution in [0.4, 0.5) is 0 Å². The average molecular weight is 309 g/mol. The maximum Gasteiger partial charge on any atom is 0.162 e. The Hall–Kier alpha value is -2.29. The van der Waals surface area contributed by atoms with Crippen molar-refractivity contribution in [3.05, 3.63) is 53.9 Å². The third-order valence-corrected chi connectivity index (χ3v) is 4.30. The summed E-state index contributed by atoms with van der Waals surface area (Å²) in [5.74, 6) is 1.65. The van der Waals surface area contributed by atoms with Crippen LogP contribution in [0.1, 0.15) is 43.7 Å². The van der Waals surface area contributed by atoms with Crippen LogP contribution in [0, 0.1) is 0 Å². The van der Waals surface area contributed by atoms with Crippen molar-refractivity contribution in [2.24, 2.45) is 0 Å². The molecule has 0 bridgehead atoms. The van der Waals surface area contributed by atoms with E-state index in [9.17, 15) is 0 Å². The van der Waals surface area contributed by atoms with Crippen LogP contribution < -0.4 is 9.47 Å². The van der Waals surface area contributed by atoms with Gasteiger partial charge in [0.15, 0.2) is 11.5 Å². The average Bonchev–Trinajstić information content (AvgIpc) is 3.09. The van der Waals surface area contributed by atoms with E-state index in [1.54, 1.807) is 7.11 Å². The van der Waals surface area contributed by atoms with E-state index in [0.29, 0.717) is 6.10 Å². The first-order valence-electron chi connectivity index (χ1n) is 8.19. The number of hydrogen-bond acceptors (Lipinski definition) is 3. The molecule has 0 aliphatic heterocycles. The van der Waals surface area contributed by atoms with Gasteiger partial charge in [0, 0.05) is 12.4 Å². The number of methoxy groups -OCH3 is 1. The van der Waals surface area contributed by atoms with Crippen LogP contribution in [0.15, 0.2) is 42.7 Å². The summed E-state index contributed by atoms with van der Waals surface area (Å²) in [6, 6.07) is 10.2. The van der Waals surface area contributed by atoms with Gasteiger partial charge in [0.25, 0.3) is 0 Å². The predicted octanol–water partition coefficient (Wildman–Crippen LogP) is 4.97. The second-order valence-electron chi connectivity index (χ2n) is 6.00. The summed E-state index contributed by atoms with van der Waals surface area (Å²) < 4.78 is 11.6. The van der Waals surface area contributed by atoms with Gasteiger partial charge in [-0.3, -0.25) is 4.98 Å². The summed E-state index contributed by atoms with van der Waals surface area (Å²) >= 11 is 0. The minimum absolute atomic E-state index is 0.323. The molecule has 1 saturated carbocycles. The van der Waals surface area contributed by atoms with E-state index in [-0.39, 0.29) is 0 Å². The molecule has 0 spiro atoms. The number of pyridine rings is 1. The van der Waals surface area contributed by atoms with E-state index in [1.165, 1.54) is 18.4 Å². The van der Waals surface area contributed by atoms with Gasteiger partial charge in [0.2, 0.25) is 0 Å². The topological polar surface area (TPSA) is 31.4 Å². The van der Waals surface area contributed by atoms with E-state index in [2.05, 4.69) is 30.1 Å². The Labute approximate surface area is 138 Å². The quantitative estimate of drug-likeness (QED) is 0.781. The van der Waals surface area contributed by atoms with Crippen LogP contribution in [0.2, 0.25) is 0 Å². The summed E-state index contributed by atoms with van der Waals surface area (Å²) in [6.07, 6.45) is 10.9. The zero-order chi connectivity index (χ0) is 16.1. The lowest BCUT2D eigenvalue weighted by molar-refractivity contribution is 0.201. The number of allylic oxidation sites excluding steroid dienone is 1. The molecule has 3 heteroatoms. The molecule has 1 aliphatic carbocycles. The standard InChI is InChI=1S/C20H23NO2/c1-15(13-16-9-11-21-12-10-16)17-7-8-19(22-2)20(14-17)23-18-5-3-4-6-18/h7-14,18H,3-6H2,1-2H3/b15-13+. The Kier molecular flexibility index (Phi) is 4.96. The fraction of sp³-hybridized carbons (Fsp3) is 0.350. The van der Waals surface area contributed by atoms with Gasteiger partial charge in [-0.25, -0.2) is 0 Å². The van der Waals surface area contributed by atoms with Gasteiger partial charge in [-0.2, -0.15) is 0 Å². The molecule has 0 N–H and O–H groups in total. The number of nitrogens with zero attached hydrogens (tertiary/aromatic N) is 1. The SMILES string of the molecule is COc1ccc(/C(C)=C/c2ccncc2)cc1OC1CCCC1. The highest BCUT2D eigenvalue weighted by Gasteiger charge is 2.18. The number of hydrogen-bond donors (Lipinski definition) is 0. The Morgan fingerprint density at radius 1 is 1.09 bits per heavy atom. The Bertz CT molecular complexity index is 673. The van der Waals surface area contributed by atoms with Crippen molar-refractivity contribution in [2.75, 3.05) is 7.11 Å². The van der Waals surface area contributed by atoms with Crippen molar-refractivity contribution in [1.82, 2.24) is 4.98 Å². The van der Waals surface area contributed by atoms with E-state index >= 15 is 0 Å². The molecule has 0 unspecified atom stereocenters. The Balaban J connectivity index is 1.86. The molecule has 120 valence electrons. The lowest BCUT2D eigenvalue weighted by Gasteiger charge is -2.17. The molecular weight excluding hydrogens is 286 g/mol. The minimum Gasteiger partial charge on any atom is -0.493 e. The van der Waals surface area contributed by atoms with Crippen molar-refractivity contribution >= 4 is 11.6 Å². The highest BCUT2D eigenvalue weighted by atomic mass is 16.5. The molecule has 23 heavy (non-hydrogen) atoms. The number of ether oxygens (including phenoxy) is 2. The zero-order valence-electron chi connectivity index (χ0n) is 13.8. The molecule has 0 radical (unpaired) electrons. The first-order valence-corrected chi connectivity index (χ1v) is 8.19. The van der Waals surface area contributed by atoms with Crippen molar-refractivity contribution in [2.45, 2.75) is 38.7 Å². The second kappa shape index (κ2) is 7.32. The first-order chi connectivity index (χ1) is 11.3. The van der Waals surface area contributed by atoms with Crippen molar-refractivity contribution in [1.29, 1.82) is 0 Å². The van der Waals surface area contributed by atoms with E-state index in [0.717, 1.165) is 35.5 Å². The van der Waals surface area contributed by atoms with E-state index in [4.69, 9.17) is 9.47 Å². The number of aromatic nitrogens is 1. The van der Waals surface area contributed by atoms with Gasteiger partial charge in [-0.05, 0) is 73.6 Å². The zero-order valence-corrected chi connectivity index (χ0v) is 13.8. The largest absolute Gasteiger partial charge is 0.493 e. The fourth-order valence-electron chi connectivity index (χ4n) is 2.99. The normalized spacial score (nSPS) is 15.7. The van der Waals surface area contributed by atoms with Crippen LogP contribution in [0.3, 0.4) is 0 Å². The van der Waals surface area contributed by atoms with E-state index < -0.39 is 0 Å². The van der Waals surface area contributed by atoms with Gasteiger partial charge in [-0.15, -0.1) is 0 Å². The van der Waals surface area contributed by atoms with Crippen LogP contribution in [-0.4, -0.2) is 18.2 Å². The first kappa shape index (κ1) is 15.6.